The van der Waals surface area contributed by atoms with Gasteiger partial charge >= 0.3 is 6.03 Å². The van der Waals surface area contributed by atoms with Crippen molar-refractivity contribution in [1.82, 2.24) is 29.9 Å². The number of pyridine rings is 1. The molecule has 2 aromatic heterocycles. The average Bonchev–Trinajstić information content (AvgIpc) is 3.00. The first-order valence-electron chi connectivity index (χ1n) is 9.26. The van der Waals surface area contributed by atoms with E-state index in [1.165, 1.54) is 0 Å². The van der Waals surface area contributed by atoms with Crippen LogP contribution in [0.15, 0.2) is 30.6 Å². The van der Waals surface area contributed by atoms with Gasteiger partial charge in [0.25, 0.3) is 5.91 Å². The molecule has 0 unspecified atom stereocenters. The van der Waals surface area contributed by atoms with Crippen LogP contribution in [0.2, 0.25) is 0 Å². The predicted molar refractivity (Wildman–Crippen MR) is 100 cm³/mol. The minimum Gasteiger partial charge on any atom is -0.332 e. The summed E-state index contributed by atoms with van der Waals surface area (Å²) in [7, 11) is 3.53. The lowest BCUT2D eigenvalue weighted by Gasteiger charge is -2.35. The zero-order valence-corrected chi connectivity index (χ0v) is 15.6. The van der Waals surface area contributed by atoms with Crippen LogP contribution in [0.3, 0.4) is 0 Å². The number of nitrogens with one attached hydrogen (secondary N) is 1. The van der Waals surface area contributed by atoms with E-state index in [1.807, 2.05) is 21.9 Å². The van der Waals surface area contributed by atoms with Gasteiger partial charge in [-0.05, 0) is 37.0 Å². The molecular weight excluding hydrogens is 344 g/mol. The van der Waals surface area contributed by atoms with Gasteiger partial charge in [-0.25, -0.2) is 4.79 Å². The van der Waals surface area contributed by atoms with Gasteiger partial charge in [-0.2, -0.15) is 5.10 Å². The maximum Gasteiger partial charge on any atom is 0.319 e. The summed E-state index contributed by atoms with van der Waals surface area (Å²) >= 11 is 0. The number of H-pyrrole nitrogens is 1. The molecule has 5 rings (SSSR count). The average molecular weight is 368 g/mol. The Balaban J connectivity index is 1.53. The molecule has 2 bridgehead atoms. The predicted octanol–water partition coefficient (Wildman–Crippen LogP) is 1.69. The zero-order chi connectivity index (χ0) is 19.0. The van der Waals surface area contributed by atoms with Crippen LogP contribution in [-0.2, 0) is 0 Å². The Morgan fingerprint density at radius 3 is 2.67 bits per heavy atom. The molecule has 0 aromatic carbocycles. The molecule has 0 aliphatic carbocycles. The molecule has 0 radical (unpaired) electrons. The van der Waals surface area contributed by atoms with E-state index in [4.69, 9.17) is 0 Å². The summed E-state index contributed by atoms with van der Waals surface area (Å²) in [6.45, 7) is 1.98. The molecule has 27 heavy (non-hydrogen) atoms. The molecule has 3 amide bonds. The summed E-state index contributed by atoms with van der Waals surface area (Å²) in [5.41, 5.74) is 2.13. The van der Waals surface area contributed by atoms with E-state index in [0.717, 1.165) is 24.1 Å². The standard InChI is InChI=1S/C19H24N6O2/c1-23(2)19(27)24-10-13-3-4-15(12-24)25(11-13)18(26)17-9-16(21-22-17)14-5-7-20-8-6-14/h5-9,13,15H,3-4,10-12H2,1-2H3,(H,21,22)/t13-,15+/m0/s1. The van der Waals surface area contributed by atoms with Crippen molar-refractivity contribution in [1.29, 1.82) is 0 Å². The second-order valence-corrected chi connectivity index (χ2v) is 7.54. The van der Waals surface area contributed by atoms with Gasteiger partial charge in [-0.3, -0.25) is 14.9 Å². The van der Waals surface area contributed by atoms with E-state index < -0.39 is 0 Å². The maximum atomic E-state index is 13.1. The molecule has 0 spiro atoms. The van der Waals surface area contributed by atoms with Crippen LogP contribution in [0.4, 0.5) is 4.79 Å². The smallest absolute Gasteiger partial charge is 0.319 e. The molecule has 8 nitrogen and oxygen atoms in total. The Hall–Kier alpha value is -2.90. The topological polar surface area (TPSA) is 85.4 Å². The lowest BCUT2D eigenvalue weighted by molar-refractivity contribution is 0.0579. The fraction of sp³-hybridized carbons (Fsp3) is 0.474. The highest BCUT2D eigenvalue weighted by atomic mass is 16.2. The van der Waals surface area contributed by atoms with Gasteiger partial charge in [0.05, 0.1) is 5.69 Å². The molecule has 3 saturated heterocycles. The minimum atomic E-state index is -0.0448. The quantitative estimate of drug-likeness (QED) is 0.874. The van der Waals surface area contributed by atoms with Crippen molar-refractivity contribution < 1.29 is 9.59 Å². The van der Waals surface area contributed by atoms with E-state index in [1.54, 1.807) is 37.5 Å². The molecule has 1 N–H and O–H groups in total. The number of aromatic nitrogens is 3. The van der Waals surface area contributed by atoms with Crippen LogP contribution in [-0.4, -0.2) is 81.6 Å². The summed E-state index contributed by atoms with van der Waals surface area (Å²) in [4.78, 5) is 34.9. The summed E-state index contributed by atoms with van der Waals surface area (Å²) in [6.07, 6.45) is 5.39. The number of hydrogen-bond donors (Lipinski definition) is 1. The highest BCUT2D eigenvalue weighted by molar-refractivity contribution is 5.93. The monoisotopic (exact) mass is 368 g/mol. The highest BCUT2D eigenvalue weighted by Crippen LogP contribution is 2.30. The van der Waals surface area contributed by atoms with Gasteiger partial charge in [0.2, 0.25) is 0 Å². The molecule has 142 valence electrons. The van der Waals surface area contributed by atoms with Gasteiger partial charge in [-0.15, -0.1) is 0 Å². The van der Waals surface area contributed by atoms with Gasteiger partial charge in [-0.1, -0.05) is 0 Å². The lowest BCUT2D eigenvalue weighted by atomic mass is 9.94. The number of nitrogens with zero attached hydrogens (tertiary/aromatic N) is 5. The van der Waals surface area contributed by atoms with E-state index in [9.17, 15) is 9.59 Å². The third kappa shape index (κ3) is 3.39. The number of urea groups is 1. The number of hydrogen-bond acceptors (Lipinski definition) is 4. The van der Waals surface area contributed by atoms with Crippen LogP contribution in [0, 0.1) is 5.92 Å². The van der Waals surface area contributed by atoms with E-state index in [0.29, 0.717) is 31.2 Å². The Morgan fingerprint density at radius 1 is 1.15 bits per heavy atom. The van der Waals surface area contributed by atoms with Crippen molar-refractivity contribution in [2.45, 2.75) is 18.9 Å². The normalized spacial score (nSPS) is 21.9. The first-order chi connectivity index (χ1) is 13.0. The van der Waals surface area contributed by atoms with Crippen LogP contribution < -0.4 is 0 Å². The minimum absolute atomic E-state index is 0.0164. The summed E-state index contributed by atoms with van der Waals surface area (Å²) < 4.78 is 0. The van der Waals surface area contributed by atoms with Crippen molar-refractivity contribution in [3.05, 3.63) is 36.3 Å². The lowest BCUT2D eigenvalue weighted by Crippen LogP contribution is -2.48. The van der Waals surface area contributed by atoms with Crippen LogP contribution in [0.1, 0.15) is 23.3 Å². The van der Waals surface area contributed by atoms with Gasteiger partial charge in [0, 0.05) is 57.7 Å². The molecule has 5 heterocycles. The molecule has 2 aromatic rings. The van der Waals surface area contributed by atoms with Gasteiger partial charge < -0.3 is 14.7 Å². The van der Waals surface area contributed by atoms with E-state index in [2.05, 4.69) is 15.2 Å². The molecule has 3 aliphatic heterocycles. The SMILES string of the molecule is CN(C)C(=O)N1C[C@@H]2CC[C@H](C1)N(C(=O)c1cc(-c3ccncc3)n[nH]1)C2. The summed E-state index contributed by atoms with van der Waals surface area (Å²) in [5, 5.41) is 7.17. The van der Waals surface area contributed by atoms with E-state index >= 15 is 0 Å². The number of carbonyl (C=O) groups is 2. The van der Waals surface area contributed by atoms with Crippen molar-refractivity contribution in [2.75, 3.05) is 33.7 Å². The number of fused-ring (bicyclic) bond motifs is 4. The number of piperidine rings is 1. The third-order valence-corrected chi connectivity index (χ3v) is 5.41. The Bertz CT molecular complexity index is 834. The first-order valence-corrected chi connectivity index (χ1v) is 9.26. The number of aromatic amines is 1. The van der Waals surface area contributed by atoms with E-state index in [-0.39, 0.29) is 18.0 Å². The highest BCUT2D eigenvalue weighted by Gasteiger charge is 2.39. The molecule has 0 saturated carbocycles. The number of rotatable bonds is 2. The second-order valence-electron chi connectivity index (χ2n) is 7.54. The third-order valence-electron chi connectivity index (χ3n) is 5.41. The van der Waals surface area contributed by atoms with Crippen LogP contribution >= 0.6 is 0 Å². The maximum absolute atomic E-state index is 13.1. The molecule has 3 aliphatic rings. The Morgan fingerprint density at radius 2 is 1.93 bits per heavy atom. The van der Waals surface area contributed by atoms with Gasteiger partial charge in [0.15, 0.2) is 0 Å². The van der Waals surface area contributed by atoms with Crippen molar-refractivity contribution in [3.63, 3.8) is 0 Å². The fourth-order valence-corrected chi connectivity index (χ4v) is 4.03. The summed E-state index contributed by atoms with van der Waals surface area (Å²) in [5.74, 6) is 0.274. The molecule has 3 fully saturated rings. The molecule has 2 atom stereocenters. The zero-order valence-electron chi connectivity index (χ0n) is 15.6. The van der Waals surface area contributed by atoms with Crippen molar-refractivity contribution in [2.24, 2.45) is 5.92 Å². The van der Waals surface area contributed by atoms with Gasteiger partial charge in [0.1, 0.15) is 5.69 Å². The Labute approximate surface area is 158 Å². The first kappa shape index (κ1) is 17.5. The fourth-order valence-electron chi connectivity index (χ4n) is 4.03. The molecular formula is C19H24N6O2. The van der Waals surface area contributed by atoms with Crippen molar-refractivity contribution >= 4 is 11.9 Å². The second kappa shape index (κ2) is 7.02. The Kier molecular flexibility index (Phi) is 4.55. The van der Waals surface area contributed by atoms with Crippen molar-refractivity contribution in [3.8, 4) is 11.3 Å². The van der Waals surface area contributed by atoms with Crippen LogP contribution in [0.25, 0.3) is 11.3 Å². The van der Waals surface area contributed by atoms with Crippen LogP contribution in [0.5, 0.6) is 0 Å². The largest absolute Gasteiger partial charge is 0.332 e. The number of amides is 3. The number of carbonyl (C=O) groups excluding carboxylic acids is 2. The summed E-state index contributed by atoms with van der Waals surface area (Å²) in [6, 6.07) is 5.58. The molecule has 8 heteroatoms.